The number of alkyl halides is 1. The van der Waals surface area contributed by atoms with E-state index in [2.05, 4.69) is 22.6 Å². The number of piperidine rings is 1. The highest BCUT2D eigenvalue weighted by Crippen LogP contribution is 2.47. The van der Waals surface area contributed by atoms with Gasteiger partial charge in [0, 0.05) is 28.1 Å². The van der Waals surface area contributed by atoms with Gasteiger partial charge in [0.15, 0.2) is 0 Å². The van der Waals surface area contributed by atoms with E-state index >= 15 is 0 Å². The Hall–Kier alpha value is -0.690. The molecule has 2 saturated heterocycles. The maximum atomic E-state index is 13.0. The summed E-state index contributed by atoms with van der Waals surface area (Å²) in [5.41, 5.74) is 1.02. The number of carbonyl (C=O) groups excluding carboxylic acids is 1. The minimum absolute atomic E-state index is 0.0970. The number of esters is 1. The Morgan fingerprint density at radius 3 is 2.91 bits per heavy atom. The highest BCUT2D eigenvalue weighted by atomic mass is 127. The molecule has 22 heavy (non-hydrogen) atoms. The minimum atomic E-state index is -2.76. The van der Waals surface area contributed by atoms with E-state index in [1.165, 1.54) is 0 Å². The fourth-order valence-electron chi connectivity index (χ4n) is 4.20. The van der Waals surface area contributed by atoms with Crippen LogP contribution >= 0.6 is 22.6 Å². The molecule has 3 rings (SSSR count). The third kappa shape index (κ3) is 2.89. The molecule has 5 heteroatoms. The average Bonchev–Trinajstić information content (AvgIpc) is 2.78. The van der Waals surface area contributed by atoms with Crippen LogP contribution in [-0.2, 0) is 9.53 Å². The van der Waals surface area contributed by atoms with Crippen molar-refractivity contribution >= 4 is 28.6 Å². The fraction of sp³-hybridized carbons (Fsp3) is 0.588. The van der Waals surface area contributed by atoms with Gasteiger partial charge in [-0.05, 0) is 59.5 Å². The van der Waals surface area contributed by atoms with Gasteiger partial charge in [-0.15, -0.1) is 0 Å². The van der Waals surface area contributed by atoms with E-state index in [9.17, 15) is 9.18 Å². The van der Waals surface area contributed by atoms with Crippen molar-refractivity contribution in [1.82, 2.24) is 4.90 Å². The van der Waals surface area contributed by atoms with Crippen molar-refractivity contribution in [2.24, 2.45) is 5.92 Å². The van der Waals surface area contributed by atoms with Crippen LogP contribution in [0.5, 0.6) is 0 Å². The Morgan fingerprint density at radius 2 is 2.23 bits per heavy atom. The zero-order valence-corrected chi connectivity index (χ0v) is 14.3. The molecule has 0 saturated carbocycles. The highest BCUT2D eigenvalue weighted by molar-refractivity contribution is 14.1. The van der Waals surface area contributed by atoms with Crippen molar-refractivity contribution in [3.05, 3.63) is 33.4 Å². The Bertz CT molecular complexity index is 625. The molecule has 0 unspecified atom stereocenters. The van der Waals surface area contributed by atoms with Crippen LogP contribution in [0.2, 0.25) is 0 Å². The Balaban J connectivity index is 1.92. The predicted molar refractivity (Wildman–Crippen MR) is 91.5 cm³/mol. The number of fused-ring (bicyclic) bond motifs is 2. The van der Waals surface area contributed by atoms with Gasteiger partial charge in [-0.3, -0.25) is 9.69 Å². The third-order valence-electron chi connectivity index (χ3n) is 5.08. The summed E-state index contributed by atoms with van der Waals surface area (Å²) in [6.07, 6.45) is 2.40. The molecule has 0 spiro atoms. The molecule has 4 atom stereocenters. The largest absolute Gasteiger partial charge is 0.469 e. The standard InChI is InChI=1S/C17H21FINO2/c1-22-17(21)16-14(11-2-4-12(19)5-3-11)10-13-6-7-15(16)20(13)9-8-18/h2-5,13-16H,6-10H2,1H3/t13-,14+,15+,16-/m0/s1/i1T3. The molecule has 2 bridgehead atoms. The summed E-state index contributed by atoms with van der Waals surface area (Å²) >= 11 is 2.22. The third-order valence-corrected chi connectivity index (χ3v) is 5.80. The van der Waals surface area contributed by atoms with Crippen molar-refractivity contribution in [3.8, 4) is 0 Å². The van der Waals surface area contributed by atoms with Crippen LogP contribution in [-0.4, -0.2) is 43.2 Å². The quantitative estimate of drug-likeness (QED) is 0.550. The van der Waals surface area contributed by atoms with Gasteiger partial charge < -0.3 is 4.74 Å². The zero-order valence-electron chi connectivity index (χ0n) is 15.2. The van der Waals surface area contributed by atoms with Gasteiger partial charge in [-0.1, -0.05) is 12.1 Å². The summed E-state index contributed by atoms with van der Waals surface area (Å²) in [6.45, 7) is -0.186. The van der Waals surface area contributed by atoms with E-state index in [1.54, 1.807) is 0 Å². The number of hydrogen-bond donors (Lipinski definition) is 0. The van der Waals surface area contributed by atoms with E-state index in [-0.39, 0.29) is 24.5 Å². The first kappa shape index (κ1) is 12.7. The van der Waals surface area contributed by atoms with Crippen LogP contribution in [0.4, 0.5) is 4.39 Å². The lowest BCUT2D eigenvalue weighted by Crippen LogP contribution is -2.51. The first-order chi connectivity index (χ1) is 11.8. The van der Waals surface area contributed by atoms with Crippen LogP contribution in [0, 0.1) is 9.49 Å². The smallest absolute Gasteiger partial charge is 0.310 e. The van der Waals surface area contributed by atoms with E-state index in [4.69, 9.17) is 8.85 Å². The topological polar surface area (TPSA) is 29.5 Å². The van der Waals surface area contributed by atoms with Crippen molar-refractivity contribution in [1.29, 1.82) is 0 Å². The van der Waals surface area contributed by atoms with E-state index in [0.717, 1.165) is 28.4 Å². The molecule has 3 nitrogen and oxygen atoms in total. The Morgan fingerprint density at radius 1 is 1.45 bits per heavy atom. The normalized spacial score (nSPS) is 33.8. The van der Waals surface area contributed by atoms with Crippen molar-refractivity contribution in [2.75, 3.05) is 20.3 Å². The number of nitrogens with zero attached hydrogens (tertiary/aromatic N) is 1. The number of methoxy groups -OCH3 is 1. The number of hydrogen-bond acceptors (Lipinski definition) is 3. The Kier molecular flexibility index (Phi) is 3.94. The van der Waals surface area contributed by atoms with Crippen LogP contribution in [0.25, 0.3) is 0 Å². The number of carbonyl (C=O) groups is 1. The Labute approximate surface area is 148 Å². The molecule has 2 fully saturated rings. The van der Waals surface area contributed by atoms with Crippen LogP contribution in [0.15, 0.2) is 24.3 Å². The maximum Gasteiger partial charge on any atom is 0.310 e. The molecule has 0 radical (unpaired) electrons. The lowest BCUT2D eigenvalue weighted by atomic mass is 9.76. The van der Waals surface area contributed by atoms with Gasteiger partial charge in [0.2, 0.25) is 0 Å². The van der Waals surface area contributed by atoms with Gasteiger partial charge in [-0.25, -0.2) is 4.39 Å². The molecule has 120 valence electrons. The van der Waals surface area contributed by atoms with Crippen LogP contribution in [0.3, 0.4) is 0 Å². The number of benzene rings is 1. The summed E-state index contributed by atoms with van der Waals surface area (Å²) in [5.74, 6) is -1.37. The van der Waals surface area contributed by atoms with E-state index < -0.39 is 25.6 Å². The molecule has 2 aliphatic rings. The second-order valence-electron chi connectivity index (χ2n) is 6.07. The summed E-state index contributed by atoms with van der Waals surface area (Å²) in [7, 11) is -2.76. The van der Waals surface area contributed by atoms with Gasteiger partial charge in [0.25, 0.3) is 0 Å². The SMILES string of the molecule is [3H]C([3H])([3H])OC(=O)[C@H]1[C@@H](c2ccc(I)cc2)C[C@@H]2CC[C@H]1N2CCF. The molecule has 2 heterocycles. The molecule has 0 N–H and O–H groups in total. The summed E-state index contributed by atoms with van der Waals surface area (Å²) in [4.78, 5) is 14.7. The molecular weight excluding hydrogens is 396 g/mol. The van der Waals surface area contributed by atoms with E-state index in [1.807, 2.05) is 29.2 Å². The first-order valence-electron chi connectivity index (χ1n) is 9.10. The highest BCUT2D eigenvalue weighted by Gasteiger charge is 2.50. The van der Waals surface area contributed by atoms with E-state index in [0.29, 0.717) is 0 Å². The van der Waals surface area contributed by atoms with Crippen molar-refractivity contribution in [2.45, 2.75) is 37.3 Å². The van der Waals surface area contributed by atoms with Gasteiger partial charge in [0.05, 0.1) is 17.1 Å². The molecule has 2 aliphatic heterocycles. The summed E-state index contributed by atoms with van der Waals surface area (Å²) in [6, 6.07) is 8.03. The lowest BCUT2D eigenvalue weighted by molar-refractivity contribution is -0.150. The molecule has 0 amide bonds. The number of rotatable bonds is 4. The van der Waals surface area contributed by atoms with Gasteiger partial charge in [-0.2, -0.15) is 0 Å². The number of halogens is 2. The first-order valence-corrected chi connectivity index (χ1v) is 8.68. The maximum absolute atomic E-state index is 13.0. The zero-order chi connectivity index (χ0) is 18.2. The molecule has 0 aliphatic carbocycles. The lowest BCUT2D eigenvalue weighted by Gasteiger charge is -2.43. The van der Waals surface area contributed by atoms with Crippen molar-refractivity contribution in [3.63, 3.8) is 0 Å². The van der Waals surface area contributed by atoms with Gasteiger partial charge in [0.1, 0.15) is 6.67 Å². The summed E-state index contributed by atoms with van der Waals surface area (Å²) in [5, 5.41) is 0. The second-order valence-corrected chi connectivity index (χ2v) is 7.31. The average molecular weight is 423 g/mol. The molecule has 1 aromatic rings. The minimum Gasteiger partial charge on any atom is -0.469 e. The number of ether oxygens (including phenoxy) is 1. The summed E-state index contributed by atoms with van der Waals surface area (Å²) < 4.78 is 40.6. The molecule has 0 aromatic heterocycles. The van der Waals surface area contributed by atoms with Crippen LogP contribution in [0.1, 0.15) is 34.9 Å². The van der Waals surface area contributed by atoms with Crippen LogP contribution < -0.4 is 0 Å². The monoisotopic (exact) mass is 423 g/mol. The second kappa shape index (κ2) is 6.83. The predicted octanol–water partition coefficient (Wildman–Crippen LogP) is 3.37. The van der Waals surface area contributed by atoms with Gasteiger partial charge >= 0.3 is 5.97 Å². The fourth-order valence-corrected chi connectivity index (χ4v) is 4.56. The molecule has 1 aromatic carbocycles. The molecular formula is C17H21FINO2. The van der Waals surface area contributed by atoms with Crippen molar-refractivity contribution < 1.29 is 18.0 Å².